The van der Waals surface area contributed by atoms with Gasteiger partial charge in [-0.3, -0.25) is 5.01 Å². The fraction of sp³-hybridized carbons (Fsp3) is 0.240. The van der Waals surface area contributed by atoms with Crippen LogP contribution in [0.5, 0.6) is 11.8 Å². The molecule has 0 unspecified atom stereocenters. The molecule has 1 fully saturated rings. The highest BCUT2D eigenvalue weighted by Crippen LogP contribution is 2.39. The molecule has 1 saturated carbocycles. The highest BCUT2D eigenvalue weighted by atomic mass is 19.4. The quantitative estimate of drug-likeness (QED) is 0.372. The molecule has 4 aromatic rings. The number of hydrogen-bond acceptors (Lipinski definition) is 10. The smallest absolute Gasteiger partial charge is 0.461 e. The summed E-state index contributed by atoms with van der Waals surface area (Å²) in [6.45, 7) is 0.690. The van der Waals surface area contributed by atoms with Crippen molar-refractivity contribution >= 4 is 6.20 Å². The minimum Gasteiger partial charge on any atom is -0.461 e. The van der Waals surface area contributed by atoms with Gasteiger partial charge in [-0.1, -0.05) is 23.4 Å². The molecule has 1 aliphatic heterocycles. The van der Waals surface area contributed by atoms with Gasteiger partial charge in [-0.2, -0.15) is 15.1 Å². The van der Waals surface area contributed by atoms with Crippen LogP contribution in [-0.2, 0) is 0 Å². The molecular formula is C25H20F3N7O3. The zero-order valence-corrected chi connectivity index (χ0v) is 19.7. The lowest BCUT2D eigenvalue weighted by atomic mass is 10.0. The minimum atomic E-state index is -4.73. The van der Waals surface area contributed by atoms with Gasteiger partial charge in [0.2, 0.25) is 11.7 Å². The summed E-state index contributed by atoms with van der Waals surface area (Å²) in [6, 6.07) is 13.2. The molecule has 38 heavy (non-hydrogen) atoms. The van der Waals surface area contributed by atoms with Crippen molar-refractivity contribution in [2.45, 2.75) is 25.1 Å². The Kier molecular flexibility index (Phi) is 6.02. The van der Waals surface area contributed by atoms with E-state index in [2.05, 4.69) is 35.5 Å². The number of aromatic nitrogens is 4. The summed E-state index contributed by atoms with van der Waals surface area (Å²) >= 11 is 0. The zero-order valence-electron chi connectivity index (χ0n) is 19.7. The molecule has 194 valence electrons. The van der Waals surface area contributed by atoms with Crippen LogP contribution in [0.4, 0.5) is 13.2 Å². The summed E-state index contributed by atoms with van der Waals surface area (Å²) in [5, 5.41) is 11.6. The van der Waals surface area contributed by atoms with Crippen LogP contribution in [0.3, 0.4) is 0 Å². The third-order valence-corrected chi connectivity index (χ3v) is 5.84. The summed E-state index contributed by atoms with van der Waals surface area (Å²) < 4.78 is 52.2. The molecule has 1 aliphatic carbocycles. The van der Waals surface area contributed by atoms with Crippen molar-refractivity contribution in [1.29, 1.82) is 0 Å². The Morgan fingerprint density at radius 3 is 2.63 bits per heavy atom. The molecule has 0 spiro atoms. The van der Waals surface area contributed by atoms with Crippen LogP contribution < -0.4 is 25.6 Å². The van der Waals surface area contributed by atoms with Crippen LogP contribution in [0, 0.1) is 0 Å². The molecule has 0 amide bonds. The summed E-state index contributed by atoms with van der Waals surface area (Å²) in [5.41, 5.74) is 5.01. The lowest BCUT2D eigenvalue weighted by molar-refractivity contribution is -0.274. The molecule has 0 atom stereocenters. The number of fused-ring (bicyclic) bond motifs is 1. The summed E-state index contributed by atoms with van der Waals surface area (Å²) in [4.78, 5) is 12.9. The number of rotatable bonds is 8. The van der Waals surface area contributed by atoms with Crippen LogP contribution in [0.1, 0.15) is 24.7 Å². The second-order valence-corrected chi connectivity index (χ2v) is 8.68. The summed E-state index contributed by atoms with van der Waals surface area (Å²) in [7, 11) is 0. The van der Waals surface area contributed by atoms with Gasteiger partial charge in [-0.05, 0) is 54.3 Å². The fourth-order valence-electron chi connectivity index (χ4n) is 3.82. The molecule has 2 aromatic carbocycles. The first-order chi connectivity index (χ1) is 18.4. The Labute approximate surface area is 213 Å². The van der Waals surface area contributed by atoms with Gasteiger partial charge < -0.3 is 14.0 Å². The van der Waals surface area contributed by atoms with Crippen molar-refractivity contribution in [2.24, 2.45) is 5.10 Å². The van der Waals surface area contributed by atoms with Gasteiger partial charge in [-0.15, -0.1) is 13.2 Å². The first-order valence-electron chi connectivity index (χ1n) is 11.8. The van der Waals surface area contributed by atoms with E-state index in [-0.39, 0.29) is 18.4 Å². The van der Waals surface area contributed by atoms with Crippen molar-refractivity contribution < 1.29 is 27.2 Å². The van der Waals surface area contributed by atoms with Crippen molar-refractivity contribution in [3.05, 3.63) is 71.2 Å². The lowest BCUT2D eigenvalue weighted by Gasteiger charge is -2.21. The molecule has 10 nitrogen and oxygen atoms in total. The third kappa shape index (κ3) is 5.51. The Morgan fingerprint density at radius 2 is 1.84 bits per heavy atom. The number of nitrogens with zero attached hydrogens (tertiary/aromatic N) is 6. The highest BCUT2D eigenvalue weighted by Gasteiger charge is 2.31. The van der Waals surface area contributed by atoms with Crippen LogP contribution in [0.25, 0.3) is 28.8 Å². The molecular weight excluding hydrogens is 503 g/mol. The zero-order chi connectivity index (χ0) is 26.1. The average Bonchev–Trinajstić information content (AvgIpc) is 3.64. The van der Waals surface area contributed by atoms with E-state index >= 15 is 0 Å². The Balaban J connectivity index is 1.10. The van der Waals surface area contributed by atoms with Crippen molar-refractivity contribution in [1.82, 2.24) is 30.7 Å². The molecule has 3 heterocycles. The molecule has 0 saturated heterocycles. The minimum absolute atomic E-state index is 0.190. The van der Waals surface area contributed by atoms with Gasteiger partial charge >= 0.3 is 12.4 Å². The Hall–Kier alpha value is -4.68. The van der Waals surface area contributed by atoms with E-state index in [1.807, 2.05) is 24.4 Å². The maximum atomic E-state index is 12.4. The number of halogens is 3. The maximum absolute atomic E-state index is 12.4. The molecule has 2 aliphatic rings. The number of benzene rings is 2. The topological polar surface area (TPSA) is 111 Å². The van der Waals surface area contributed by atoms with Crippen LogP contribution in [0.15, 0.2) is 64.4 Å². The molecule has 13 heteroatoms. The van der Waals surface area contributed by atoms with Crippen molar-refractivity contribution in [2.75, 3.05) is 13.2 Å². The predicted molar refractivity (Wildman–Crippen MR) is 126 cm³/mol. The van der Waals surface area contributed by atoms with E-state index < -0.39 is 6.36 Å². The number of alkyl halides is 3. The first kappa shape index (κ1) is 23.7. The summed E-state index contributed by atoms with van der Waals surface area (Å²) in [5.74, 6) is 1.12. The molecule has 0 radical (unpaired) electrons. The number of ether oxygens (including phenoxy) is 2. The first-order valence-corrected chi connectivity index (χ1v) is 11.8. The van der Waals surface area contributed by atoms with E-state index in [0.29, 0.717) is 29.9 Å². The van der Waals surface area contributed by atoms with E-state index in [1.165, 1.54) is 12.1 Å². The predicted octanol–water partition coefficient (Wildman–Crippen LogP) is 3.14. The third-order valence-electron chi connectivity index (χ3n) is 5.84. The van der Waals surface area contributed by atoms with Crippen LogP contribution in [-0.4, -0.2) is 44.6 Å². The van der Waals surface area contributed by atoms with E-state index in [9.17, 15) is 13.2 Å². The van der Waals surface area contributed by atoms with Gasteiger partial charge in [-0.25, -0.2) is 10.5 Å². The van der Waals surface area contributed by atoms with Gasteiger partial charge in [0.1, 0.15) is 18.1 Å². The van der Waals surface area contributed by atoms with Crippen LogP contribution in [0.2, 0.25) is 0 Å². The number of hydrogen-bond donors (Lipinski definition) is 1. The number of hydrazine groups is 1. The largest absolute Gasteiger partial charge is 0.573 e. The average molecular weight is 523 g/mol. The number of nitrogens with one attached hydrogen (secondary N) is 1. The summed E-state index contributed by atoms with van der Waals surface area (Å²) in [6.07, 6.45) is 0.838. The van der Waals surface area contributed by atoms with Gasteiger partial charge in [0.05, 0.1) is 11.9 Å². The van der Waals surface area contributed by atoms with Gasteiger partial charge in [0, 0.05) is 23.5 Å². The highest BCUT2D eigenvalue weighted by molar-refractivity contribution is 5.64. The molecule has 2 aromatic heterocycles. The van der Waals surface area contributed by atoms with Crippen LogP contribution >= 0.6 is 0 Å². The normalized spacial score (nSPS) is 14.7. The van der Waals surface area contributed by atoms with Crippen molar-refractivity contribution in [3.8, 4) is 34.4 Å². The van der Waals surface area contributed by atoms with E-state index in [4.69, 9.17) is 9.26 Å². The second kappa shape index (κ2) is 9.65. The molecule has 6 rings (SSSR count). The Bertz CT molecular complexity index is 1570. The fourth-order valence-corrected chi connectivity index (χ4v) is 3.82. The standard InChI is InChI=1S/C25H20F3N7O3/c26-25(27,28)37-19-6-3-15(4-7-19)17-5-8-20-18(13-17)14-35(34-32-20)11-12-36-24-29-10-9-21(30-24)22-31-23(38-33-22)16-1-2-16/h3-10,13-14,16,34H,1-2,11-12H2. The lowest BCUT2D eigenvalue weighted by Crippen LogP contribution is -2.44. The second-order valence-electron chi connectivity index (χ2n) is 8.68. The molecule has 0 bridgehead atoms. The van der Waals surface area contributed by atoms with E-state index in [1.54, 1.807) is 29.4 Å². The Morgan fingerprint density at radius 1 is 1.03 bits per heavy atom. The van der Waals surface area contributed by atoms with Crippen molar-refractivity contribution in [3.63, 3.8) is 0 Å². The SMILES string of the molecule is FC(F)(F)Oc1ccc(-c2ccc3c(c2)=CN(CCOc2nccc(-c4noc(C5CC5)n4)n2)NN=3)cc1. The van der Waals surface area contributed by atoms with Gasteiger partial charge in [0.15, 0.2) is 0 Å². The van der Waals surface area contributed by atoms with Gasteiger partial charge in [0.25, 0.3) is 0 Å². The maximum Gasteiger partial charge on any atom is 0.573 e. The molecule has 1 N–H and O–H groups in total. The van der Waals surface area contributed by atoms with E-state index in [0.717, 1.165) is 34.5 Å². The monoisotopic (exact) mass is 523 g/mol.